The van der Waals surface area contributed by atoms with E-state index in [1.165, 1.54) is 27.0 Å². The average molecular weight is 550 g/mol. The normalized spacial score (nSPS) is 16.1. The van der Waals surface area contributed by atoms with Crippen LogP contribution in [0.15, 0.2) is 76.6 Å². The van der Waals surface area contributed by atoms with Crippen LogP contribution in [-0.2, 0) is 30.5 Å². The lowest BCUT2D eigenvalue weighted by Gasteiger charge is -2.22. The van der Waals surface area contributed by atoms with Crippen LogP contribution in [0.1, 0.15) is 36.6 Å². The van der Waals surface area contributed by atoms with Crippen molar-refractivity contribution in [2.75, 3.05) is 14.2 Å². The van der Waals surface area contributed by atoms with E-state index in [4.69, 9.17) is 23.7 Å². The first kappa shape index (κ1) is 27.7. The van der Waals surface area contributed by atoms with Crippen LogP contribution in [0.3, 0.4) is 0 Å². The van der Waals surface area contributed by atoms with E-state index in [1.54, 1.807) is 37.4 Å². The van der Waals surface area contributed by atoms with Gasteiger partial charge in [0.2, 0.25) is 5.90 Å². The van der Waals surface area contributed by atoms with Gasteiger partial charge in [0.15, 0.2) is 28.8 Å². The minimum Gasteiger partial charge on any atom is -0.497 e. The Morgan fingerprint density at radius 2 is 1.67 bits per heavy atom. The first-order chi connectivity index (χ1) is 18.8. The molecule has 4 rings (SSSR count). The van der Waals surface area contributed by atoms with Gasteiger partial charge >= 0.3 is 11.9 Å². The van der Waals surface area contributed by atoms with Crippen molar-refractivity contribution in [3.63, 3.8) is 0 Å². The first-order valence-corrected chi connectivity index (χ1v) is 12.8. The zero-order valence-electron chi connectivity index (χ0n) is 21.8. The number of aliphatic imine (C=N–C) groups is 1. The lowest BCUT2D eigenvalue weighted by Crippen LogP contribution is -2.26. The van der Waals surface area contributed by atoms with E-state index in [1.807, 2.05) is 30.3 Å². The molecule has 2 atom stereocenters. The predicted molar refractivity (Wildman–Crippen MR) is 144 cm³/mol. The van der Waals surface area contributed by atoms with Crippen LogP contribution >= 0.6 is 11.8 Å². The highest BCUT2D eigenvalue weighted by Crippen LogP contribution is 2.43. The van der Waals surface area contributed by atoms with Crippen molar-refractivity contribution >= 4 is 34.7 Å². The summed E-state index contributed by atoms with van der Waals surface area (Å²) in [7, 11) is 2.83. The van der Waals surface area contributed by atoms with Crippen molar-refractivity contribution in [3.05, 3.63) is 83.4 Å². The van der Waals surface area contributed by atoms with E-state index in [-0.39, 0.29) is 29.1 Å². The lowest BCUT2D eigenvalue weighted by atomic mass is 10.0. The summed E-state index contributed by atoms with van der Waals surface area (Å²) in [6.45, 7) is 2.87. The molecular formula is C29H27NO8S. The van der Waals surface area contributed by atoms with Gasteiger partial charge in [-0.15, -0.1) is 0 Å². The van der Waals surface area contributed by atoms with Gasteiger partial charge in [-0.3, -0.25) is 9.59 Å². The number of esters is 2. The molecule has 1 aliphatic rings. The average Bonchev–Trinajstić information content (AvgIpc) is 3.37. The Morgan fingerprint density at radius 3 is 2.28 bits per heavy atom. The summed E-state index contributed by atoms with van der Waals surface area (Å²) in [4.78, 5) is 41.8. The van der Waals surface area contributed by atoms with Crippen LogP contribution in [0.5, 0.6) is 17.2 Å². The molecule has 0 amide bonds. The molecule has 0 radical (unpaired) electrons. The fraction of sp³-hybridized carbons (Fsp3) is 0.241. The summed E-state index contributed by atoms with van der Waals surface area (Å²) >= 11 is 0.914. The fourth-order valence-electron chi connectivity index (χ4n) is 3.92. The lowest BCUT2D eigenvalue weighted by molar-refractivity contribution is -0.143. The van der Waals surface area contributed by atoms with E-state index < -0.39 is 24.1 Å². The summed E-state index contributed by atoms with van der Waals surface area (Å²) in [6.07, 6.45) is -0.943. The summed E-state index contributed by atoms with van der Waals surface area (Å²) in [5.74, 6) is 0.0863. The Morgan fingerprint density at radius 1 is 0.949 bits per heavy atom. The third-order valence-corrected chi connectivity index (χ3v) is 6.55. The van der Waals surface area contributed by atoms with Crippen LogP contribution in [0, 0.1) is 0 Å². The SMILES string of the molecule is COC(=O)[C@@H]1N=C(c2ccc(OC)cc2)O[C@@H]1c1cc(OCc2ccccc2)c(OC(C)=O)cc1SC(C)=O. The van der Waals surface area contributed by atoms with Gasteiger partial charge < -0.3 is 23.7 Å². The molecule has 3 aromatic rings. The maximum atomic E-state index is 12.8. The molecule has 0 saturated carbocycles. The van der Waals surface area contributed by atoms with E-state index >= 15 is 0 Å². The third-order valence-electron chi connectivity index (χ3n) is 5.69. The Hall–Kier alpha value is -4.31. The molecule has 9 nitrogen and oxygen atoms in total. The highest BCUT2D eigenvalue weighted by atomic mass is 32.2. The van der Waals surface area contributed by atoms with Crippen LogP contribution in [0.2, 0.25) is 0 Å². The Kier molecular flexibility index (Phi) is 8.88. The van der Waals surface area contributed by atoms with E-state index in [9.17, 15) is 14.4 Å². The predicted octanol–water partition coefficient (Wildman–Crippen LogP) is 4.90. The van der Waals surface area contributed by atoms with E-state index in [2.05, 4.69) is 4.99 Å². The summed E-state index contributed by atoms with van der Waals surface area (Å²) in [5, 5.41) is -0.216. The topological polar surface area (TPSA) is 110 Å². The Bertz CT molecular complexity index is 1390. The highest BCUT2D eigenvalue weighted by Gasteiger charge is 2.41. The Labute approximate surface area is 230 Å². The second-order valence-electron chi connectivity index (χ2n) is 8.47. The molecule has 0 saturated heterocycles. The number of hydrogen-bond acceptors (Lipinski definition) is 10. The van der Waals surface area contributed by atoms with Crippen LogP contribution < -0.4 is 14.2 Å². The zero-order chi connectivity index (χ0) is 27.9. The number of nitrogens with zero attached hydrogens (tertiary/aromatic N) is 1. The molecule has 0 spiro atoms. The molecule has 39 heavy (non-hydrogen) atoms. The number of ether oxygens (including phenoxy) is 5. The number of rotatable bonds is 9. The standard InChI is InChI=1S/C29H27NO8S/c1-17(31)37-24-15-25(39-18(2)32)22(14-23(24)36-16-19-8-6-5-7-9-19)27-26(29(33)35-4)30-28(38-27)20-10-12-21(34-3)13-11-20/h5-15,26-27H,16H2,1-4H3/t26-,27-/m1/s1. The number of carbonyl (C=O) groups excluding carboxylic acids is 3. The number of thioether (sulfide) groups is 1. The molecule has 3 aromatic carbocycles. The number of methoxy groups -OCH3 is 2. The first-order valence-electron chi connectivity index (χ1n) is 12.0. The fourth-order valence-corrected chi connectivity index (χ4v) is 4.69. The van der Waals surface area contributed by atoms with Gasteiger partial charge in [-0.25, -0.2) is 9.79 Å². The highest BCUT2D eigenvalue weighted by molar-refractivity contribution is 8.13. The summed E-state index contributed by atoms with van der Waals surface area (Å²) in [6, 6.07) is 18.6. The molecule has 0 N–H and O–H groups in total. The van der Waals surface area contributed by atoms with Gasteiger partial charge in [-0.1, -0.05) is 42.1 Å². The van der Waals surface area contributed by atoms with E-state index in [0.29, 0.717) is 21.8 Å². The quantitative estimate of drug-likeness (QED) is 0.209. The molecule has 0 fully saturated rings. The maximum absolute atomic E-state index is 12.8. The number of benzene rings is 3. The van der Waals surface area contributed by atoms with Crippen molar-refractivity contribution in [1.29, 1.82) is 0 Å². The molecule has 202 valence electrons. The molecule has 0 unspecified atom stereocenters. The molecule has 10 heteroatoms. The molecule has 0 aromatic heterocycles. The van der Waals surface area contributed by atoms with Gasteiger partial charge in [0.25, 0.3) is 0 Å². The molecule has 0 aliphatic carbocycles. The van der Waals surface area contributed by atoms with Gasteiger partial charge in [0.05, 0.1) is 14.2 Å². The van der Waals surface area contributed by atoms with Gasteiger partial charge in [-0.05, 0) is 42.0 Å². The van der Waals surface area contributed by atoms with Crippen molar-refractivity contribution in [3.8, 4) is 17.2 Å². The van der Waals surface area contributed by atoms with Crippen molar-refractivity contribution in [2.24, 2.45) is 4.99 Å². The van der Waals surface area contributed by atoms with Crippen molar-refractivity contribution in [2.45, 2.75) is 37.5 Å². The number of hydrogen-bond donors (Lipinski definition) is 0. The summed E-state index contributed by atoms with van der Waals surface area (Å²) < 4.78 is 27.9. The number of carbonyl (C=O) groups is 3. The van der Waals surface area contributed by atoms with E-state index in [0.717, 1.165) is 17.3 Å². The van der Waals surface area contributed by atoms with Crippen molar-refractivity contribution in [1.82, 2.24) is 0 Å². The minimum atomic E-state index is -1.06. The van der Waals surface area contributed by atoms with Gasteiger partial charge in [0, 0.05) is 29.9 Å². The molecule has 1 aliphatic heterocycles. The summed E-state index contributed by atoms with van der Waals surface area (Å²) in [5.41, 5.74) is 1.98. The second-order valence-corrected chi connectivity index (χ2v) is 9.69. The van der Waals surface area contributed by atoms with Crippen molar-refractivity contribution < 1.29 is 38.1 Å². The molecule has 0 bridgehead atoms. The van der Waals surface area contributed by atoms with Crippen LogP contribution in [-0.4, -0.2) is 43.2 Å². The zero-order valence-corrected chi connectivity index (χ0v) is 22.7. The smallest absolute Gasteiger partial charge is 0.335 e. The maximum Gasteiger partial charge on any atom is 0.335 e. The largest absolute Gasteiger partial charge is 0.497 e. The molecular weight excluding hydrogens is 522 g/mol. The second kappa shape index (κ2) is 12.5. The molecule has 1 heterocycles. The van der Waals surface area contributed by atoms with Gasteiger partial charge in [-0.2, -0.15) is 0 Å². The minimum absolute atomic E-state index is 0.134. The van der Waals surface area contributed by atoms with Gasteiger partial charge in [0.1, 0.15) is 12.4 Å². The third kappa shape index (κ3) is 6.77. The van der Waals surface area contributed by atoms with Crippen LogP contribution in [0.4, 0.5) is 0 Å². The monoisotopic (exact) mass is 549 g/mol. The van der Waals surface area contributed by atoms with Crippen LogP contribution in [0.25, 0.3) is 0 Å². The Balaban J connectivity index is 1.77.